The lowest BCUT2D eigenvalue weighted by molar-refractivity contribution is 1.39. The predicted octanol–water partition coefficient (Wildman–Crippen LogP) is 4.27. The van der Waals surface area contributed by atoms with Crippen molar-refractivity contribution in [1.82, 2.24) is 4.98 Å². The number of aromatic nitrogens is 1. The second-order valence-electron chi connectivity index (χ2n) is 4.60. The van der Waals surface area contributed by atoms with Crippen molar-refractivity contribution in [3.63, 3.8) is 0 Å². The minimum Gasteiger partial charge on any atom is -0.389 e. The zero-order valence-electron chi connectivity index (χ0n) is 11.0. The van der Waals surface area contributed by atoms with Crippen LogP contribution in [0.15, 0.2) is 54.7 Å². The van der Waals surface area contributed by atoms with Crippen LogP contribution in [-0.4, -0.2) is 9.97 Å². The molecule has 0 aliphatic carbocycles. The molecule has 3 aromatic rings. The molecule has 0 saturated heterocycles. The highest BCUT2D eigenvalue weighted by Gasteiger charge is 2.05. The SMILES string of the molecule is NC(=S)c1ccc(Nc2cnc3ccccc3c2)cc1Cl. The summed E-state index contributed by atoms with van der Waals surface area (Å²) in [4.78, 5) is 4.70. The normalized spacial score (nSPS) is 10.5. The van der Waals surface area contributed by atoms with Crippen molar-refractivity contribution in [2.24, 2.45) is 5.73 Å². The van der Waals surface area contributed by atoms with Gasteiger partial charge in [-0.05, 0) is 30.3 Å². The molecule has 2 aromatic carbocycles. The van der Waals surface area contributed by atoms with Crippen LogP contribution in [0.3, 0.4) is 0 Å². The molecule has 0 fully saturated rings. The first-order chi connectivity index (χ1) is 10.1. The molecular formula is C16H12ClN3S. The highest BCUT2D eigenvalue weighted by Crippen LogP contribution is 2.25. The summed E-state index contributed by atoms with van der Waals surface area (Å²) in [6.07, 6.45) is 1.79. The Bertz CT molecular complexity index is 833. The van der Waals surface area contributed by atoms with Crippen LogP contribution in [0.4, 0.5) is 11.4 Å². The molecule has 0 aliphatic heterocycles. The fraction of sp³-hybridized carbons (Fsp3) is 0. The van der Waals surface area contributed by atoms with Gasteiger partial charge >= 0.3 is 0 Å². The predicted molar refractivity (Wildman–Crippen MR) is 92.4 cm³/mol. The van der Waals surface area contributed by atoms with Gasteiger partial charge in [0.2, 0.25) is 0 Å². The molecule has 3 N–H and O–H groups in total. The minimum atomic E-state index is 0.291. The zero-order chi connectivity index (χ0) is 14.8. The maximum atomic E-state index is 6.16. The van der Waals surface area contributed by atoms with Gasteiger partial charge in [-0.1, -0.05) is 42.0 Å². The quantitative estimate of drug-likeness (QED) is 0.709. The Morgan fingerprint density at radius 2 is 1.90 bits per heavy atom. The van der Waals surface area contributed by atoms with Crippen molar-refractivity contribution in [3.8, 4) is 0 Å². The Hall–Kier alpha value is -2.17. The standard InChI is InChI=1S/C16H12ClN3S/c17-14-8-11(5-6-13(14)16(18)21)20-12-7-10-3-1-2-4-15(10)19-9-12/h1-9,20H,(H2,18,21). The number of hydrogen-bond donors (Lipinski definition) is 2. The number of nitrogens with two attached hydrogens (primary N) is 1. The molecule has 3 nitrogen and oxygen atoms in total. The molecule has 0 aliphatic rings. The van der Waals surface area contributed by atoms with E-state index >= 15 is 0 Å². The van der Waals surface area contributed by atoms with Gasteiger partial charge in [0, 0.05) is 16.6 Å². The zero-order valence-corrected chi connectivity index (χ0v) is 12.6. The fourth-order valence-corrected chi connectivity index (χ4v) is 2.62. The second kappa shape index (κ2) is 5.68. The fourth-order valence-electron chi connectivity index (χ4n) is 2.10. The number of nitrogens with zero attached hydrogens (tertiary/aromatic N) is 1. The van der Waals surface area contributed by atoms with Crippen molar-refractivity contribution in [3.05, 3.63) is 65.3 Å². The maximum Gasteiger partial charge on any atom is 0.105 e. The first kappa shape index (κ1) is 13.8. The van der Waals surface area contributed by atoms with Gasteiger partial charge in [0.1, 0.15) is 4.99 Å². The van der Waals surface area contributed by atoms with Crippen molar-refractivity contribution in [2.75, 3.05) is 5.32 Å². The lowest BCUT2D eigenvalue weighted by atomic mass is 10.2. The number of hydrogen-bond acceptors (Lipinski definition) is 3. The number of para-hydroxylation sites is 1. The van der Waals surface area contributed by atoms with Crippen LogP contribution in [0.5, 0.6) is 0 Å². The lowest BCUT2D eigenvalue weighted by Crippen LogP contribution is -2.09. The Kier molecular flexibility index (Phi) is 3.73. The highest BCUT2D eigenvalue weighted by molar-refractivity contribution is 7.80. The van der Waals surface area contributed by atoms with Crippen LogP contribution in [0.25, 0.3) is 10.9 Å². The third-order valence-corrected chi connectivity index (χ3v) is 3.65. The van der Waals surface area contributed by atoms with Crippen LogP contribution in [0.1, 0.15) is 5.56 Å². The summed E-state index contributed by atoms with van der Waals surface area (Å²) in [6.45, 7) is 0. The average molecular weight is 314 g/mol. The number of rotatable bonds is 3. The number of halogens is 1. The monoisotopic (exact) mass is 313 g/mol. The molecule has 0 saturated carbocycles. The van der Waals surface area contributed by atoms with Gasteiger partial charge in [0.05, 0.1) is 22.4 Å². The molecule has 3 rings (SSSR count). The summed E-state index contributed by atoms with van der Waals surface area (Å²) in [6, 6.07) is 15.5. The van der Waals surface area contributed by atoms with E-state index in [2.05, 4.69) is 10.3 Å². The molecule has 0 radical (unpaired) electrons. The van der Waals surface area contributed by atoms with E-state index in [0.717, 1.165) is 22.3 Å². The van der Waals surface area contributed by atoms with E-state index in [-0.39, 0.29) is 0 Å². The summed E-state index contributed by atoms with van der Waals surface area (Å²) in [5.74, 6) is 0. The number of benzene rings is 2. The third-order valence-electron chi connectivity index (χ3n) is 3.11. The van der Waals surface area contributed by atoms with Gasteiger partial charge in [-0.3, -0.25) is 4.98 Å². The van der Waals surface area contributed by atoms with Gasteiger partial charge in [0.15, 0.2) is 0 Å². The van der Waals surface area contributed by atoms with E-state index in [4.69, 9.17) is 29.6 Å². The van der Waals surface area contributed by atoms with Gasteiger partial charge in [-0.15, -0.1) is 0 Å². The Morgan fingerprint density at radius 1 is 1.10 bits per heavy atom. The number of nitrogens with one attached hydrogen (secondary N) is 1. The molecular weight excluding hydrogens is 302 g/mol. The van der Waals surface area contributed by atoms with Crippen molar-refractivity contribution in [1.29, 1.82) is 0 Å². The molecule has 0 atom stereocenters. The maximum absolute atomic E-state index is 6.16. The molecule has 1 aromatic heterocycles. The Labute approximate surface area is 132 Å². The average Bonchev–Trinajstić information content (AvgIpc) is 2.47. The highest BCUT2D eigenvalue weighted by atomic mass is 35.5. The number of anilines is 2. The number of pyridine rings is 1. The van der Waals surface area contributed by atoms with Crippen LogP contribution in [0.2, 0.25) is 5.02 Å². The van der Waals surface area contributed by atoms with Crippen molar-refractivity contribution < 1.29 is 0 Å². The number of fused-ring (bicyclic) bond motifs is 1. The van der Waals surface area contributed by atoms with Gasteiger partial charge in [-0.2, -0.15) is 0 Å². The second-order valence-corrected chi connectivity index (χ2v) is 5.45. The van der Waals surface area contributed by atoms with E-state index in [9.17, 15) is 0 Å². The summed E-state index contributed by atoms with van der Waals surface area (Å²) >= 11 is 11.1. The van der Waals surface area contributed by atoms with Crippen LogP contribution in [0, 0.1) is 0 Å². The molecule has 1 heterocycles. The summed E-state index contributed by atoms with van der Waals surface area (Å²) in [7, 11) is 0. The first-order valence-corrected chi connectivity index (χ1v) is 7.13. The molecule has 5 heteroatoms. The smallest absolute Gasteiger partial charge is 0.105 e. The molecule has 0 spiro atoms. The molecule has 0 amide bonds. The largest absolute Gasteiger partial charge is 0.389 e. The minimum absolute atomic E-state index is 0.291. The molecule has 21 heavy (non-hydrogen) atoms. The topological polar surface area (TPSA) is 50.9 Å². The first-order valence-electron chi connectivity index (χ1n) is 6.34. The summed E-state index contributed by atoms with van der Waals surface area (Å²) < 4.78 is 0. The van der Waals surface area contributed by atoms with E-state index in [0.29, 0.717) is 15.6 Å². The number of thiocarbonyl (C=S) groups is 1. The van der Waals surface area contributed by atoms with Crippen LogP contribution >= 0.6 is 23.8 Å². The lowest BCUT2D eigenvalue weighted by Gasteiger charge is -2.09. The van der Waals surface area contributed by atoms with Crippen LogP contribution < -0.4 is 11.1 Å². The molecule has 0 unspecified atom stereocenters. The van der Waals surface area contributed by atoms with E-state index in [1.807, 2.05) is 42.5 Å². The van der Waals surface area contributed by atoms with Crippen molar-refractivity contribution in [2.45, 2.75) is 0 Å². The van der Waals surface area contributed by atoms with E-state index in [1.165, 1.54) is 0 Å². The molecule has 0 bridgehead atoms. The van der Waals surface area contributed by atoms with E-state index < -0.39 is 0 Å². The summed E-state index contributed by atoms with van der Waals surface area (Å²) in [5, 5.41) is 4.88. The molecule has 104 valence electrons. The van der Waals surface area contributed by atoms with Crippen molar-refractivity contribution >= 4 is 51.1 Å². The summed E-state index contributed by atoms with van der Waals surface area (Å²) in [5.41, 5.74) is 8.99. The van der Waals surface area contributed by atoms with E-state index in [1.54, 1.807) is 12.3 Å². The third kappa shape index (κ3) is 2.96. The van der Waals surface area contributed by atoms with Gasteiger partial charge in [-0.25, -0.2) is 0 Å². The Balaban J connectivity index is 1.91. The Morgan fingerprint density at radius 3 is 2.67 bits per heavy atom. The van der Waals surface area contributed by atoms with Gasteiger partial charge in [0.25, 0.3) is 0 Å². The van der Waals surface area contributed by atoms with Crippen LogP contribution in [-0.2, 0) is 0 Å². The van der Waals surface area contributed by atoms with Gasteiger partial charge < -0.3 is 11.1 Å².